The van der Waals surface area contributed by atoms with Gasteiger partial charge in [-0.3, -0.25) is 9.59 Å². The number of rotatable bonds is 2. The summed E-state index contributed by atoms with van der Waals surface area (Å²) >= 11 is 0. The van der Waals surface area contributed by atoms with Crippen LogP contribution in [0, 0.1) is 17.1 Å². The van der Waals surface area contributed by atoms with E-state index in [1.54, 1.807) is 24.3 Å². The second-order valence-corrected chi connectivity index (χ2v) is 5.41. The number of benzene rings is 2. The number of carbonyl (C=O) groups excluding carboxylic acids is 2. The van der Waals surface area contributed by atoms with Crippen molar-refractivity contribution in [1.82, 2.24) is 10.2 Å². The van der Waals surface area contributed by atoms with Gasteiger partial charge < -0.3 is 10.2 Å². The van der Waals surface area contributed by atoms with Crippen LogP contribution in [0.5, 0.6) is 0 Å². The van der Waals surface area contributed by atoms with E-state index in [1.807, 2.05) is 6.07 Å². The second kappa shape index (κ2) is 6.50. The fourth-order valence-corrected chi connectivity index (χ4v) is 2.78. The van der Waals surface area contributed by atoms with Gasteiger partial charge in [0.25, 0.3) is 5.91 Å². The largest absolute Gasteiger partial charge is 0.352 e. The summed E-state index contributed by atoms with van der Waals surface area (Å²) in [5.41, 5.74) is 0.800. The van der Waals surface area contributed by atoms with Gasteiger partial charge in [-0.2, -0.15) is 5.26 Å². The molecule has 6 heteroatoms. The smallest absolute Gasteiger partial charge is 0.254 e. The van der Waals surface area contributed by atoms with E-state index in [2.05, 4.69) is 5.32 Å². The Kier molecular flexibility index (Phi) is 4.25. The van der Waals surface area contributed by atoms with E-state index in [9.17, 15) is 14.0 Å². The van der Waals surface area contributed by atoms with Gasteiger partial charge in [-0.05, 0) is 24.3 Å². The lowest BCUT2D eigenvalue weighted by Crippen LogP contribution is -2.52. The minimum absolute atomic E-state index is 0.152. The number of hydrogen-bond acceptors (Lipinski definition) is 3. The molecule has 5 nitrogen and oxygen atoms in total. The molecule has 0 radical (unpaired) electrons. The Morgan fingerprint density at radius 1 is 1.25 bits per heavy atom. The van der Waals surface area contributed by atoms with E-state index >= 15 is 0 Å². The highest BCUT2D eigenvalue weighted by atomic mass is 19.1. The molecule has 1 aliphatic heterocycles. The van der Waals surface area contributed by atoms with Crippen molar-refractivity contribution in [2.45, 2.75) is 6.04 Å². The van der Waals surface area contributed by atoms with E-state index in [1.165, 1.54) is 29.2 Å². The zero-order valence-electron chi connectivity index (χ0n) is 12.7. The first-order valence-electron chi connectivity index (χ1n) is 7.45. The summed E-state index contributed by atoms with van der Waals surface area (Å²) in [7, 11) is 0. The van der Waals surface area contributed by atoms with Crippen molar-refractivity contribution in [1.29, 1.82) is 5.26 Å². The average molecular weight is 323 g/mol. The van der Waals surface area contributed by atoms with E-state index in [0.717, 1.165) is 0 Å². The van der Waals surface area contributed by atoms with Crippen LogP contribution in [0.2, 0.25) is 0 Å². The molecule has 0 saturated carbocycles. The Labute approximate surface area is 138 Å². The molecular formula is C18H14FN3O2. The van der Waals surface area contributed by atoms with Gasteiger partial charge >= 0.3 is 0 Å². The van der Waals surface area contributed by atoms with Crippen LogP contribution in [0.4, 0.5) is 4.39 Å². The normalized spacial score (nSPS) is 17.1. The topological polar surface area (TPSA) is 73.2 Å². The molecule has 0 aliphatic carbocycles. The second-order valence-electron chi connectivity index (χ2n) is 5.41. The number of amides is 2. The van der Waals surface area contributed by atoms with Crippen LogP contribution in [-0.2, 0) is 4.79 Å². The van der Waals surface area contributed by atoms with Crippen LogP contribution in [0.25, 0.3) is 0 Å². The predicted molar refractivity (Wildman–Crippen MR) is 84.3 cm³/mol. The maximum absolute atomic E-state index is 14.1. The van der Waals surface area contributed by atoms with Crippen LogP contribution in [0.3, 0.4) is 0 Å². The summed E-state index contributed by atoms with van der Waals surface area (Å²) in [6, 6.07) is 13.1. The maximum Gasteiger partial charge on any atom is 0.254 e. The number of nitriles is 1. The molecule has 1 fully saturated rings. The molecule has 2 aromatic carbocycles. The Bertz CT molecular complexity index is 844. The number of carbonyl (C=O) groups is 2. The molecule has 0 spiro atoms. The molecule has 0 aromatic heterocycles. The van der Waals surface area contributed by atoms with E-state index < -0.39 is 23.7 Å². The molecule has 1 N–H and O–H groups in total. The highest BCUT2D eigenvalue weighted by Gasteiger charge is 2.36. The molecule has 2 aromatic rings. The number of hydrogen-bond donors (Lipinski definition) is 1. The van der Waals surface area contributed by atoms with Crippen LogP contribution < -0.4 is 5.32 Å². The van der Waals surface area contributed by atoms with Gasteiger partial charge in [-0.25, -0.2) is 4.39 Å². The van der Waals surface area contributed by atoms with Crippen LogP contribution in [0.1, 0.15) is 27.5 Å². The number of nitrogens with zero attached hydrogens (tertiary/aromatic N) is 2. The molecule has 2 amide bonds. The fourth-order valence-electron chi connectivity index (χ4n) is 2.78. The first-order valence-corrected chi connectivity index (χ1v) is 7.45. The molecule has 3 rings (SSSR count). The zero-order valence-corrected chi connectivity index (χ0v) is 12.7. The monoisotopic (exact) mass is 323 g/mol. The van der Waals surface area contributed by atoms with Gasteiger partial charge in [0.2, 0.25) is 5.91 Å². The van der Waals surface area contributed by atoms with Gasteiger partial charge in [0.15, 0.2) is 0 Å². The van der Waals surface area contributed by atoms with Crippen molar-refractivity contribution in [2.24, 2.45) is 0 Å². The lowest BCUT2D eigenvalue weighted by Gasteiger charge is -2.35. The standard InChI is InChI=1S/C18H14FN3O2/c19-15-7-2-1-6-14(15)16-17(23)21-8-9-22(16)18(24)13-5-3-4-12(10-13)11-20/h1-7,10,16H,8-9H2,(H,21,23). The highest BCUT2D eigenvalue weighted by molar-refractivity contribution is 5.98. The van der Waals surface area contributed by atoms with Gasteiger partial charge in [0, 0.05) is 24.2 Å². The Morgan fingerprint density at radius 3 is 2.79 bits per heavy atom. The molecule has 1 aliphatic rings. The molecule has 1 heterocycles. The number of piperazine rings is 1. The Balaban J connectivity index is 2.00. The molecule has 24 heavy (non-hydrogen) atoms. The fraction of sp³-hybridized carbons (Fsp3) is 0.167. The lowest BCUT2D eigenvalue weighted by atomic mass is 10.00. The van der Waals surface area contributed by atoms with Crippen LogP contribution >= 0.6 is 0 Å². The van der Waals surface area contributed by atoms with E-state index in [-0.39, 0.29) is 12.1 Å². The highest BCUT2D eigenvalue weighted by Crippen LogP contribution is 2.27. The average Bonchev–Trinajstić information content (AvgIpc) is 2.62. The van der Waals surface area contributed by atoms with Crippen molar-refractivity contribution in [3.05, 3.63) is 71.0 Å². The molecule has 1 unspecified atom stereocenters. The summed E-state index contributed by atoms with van der Waals surface area (Å²) in [6.07, 6.45) is 0. The minimum atomic E-state index is -1.03. The Morgan fingerprint density at radius 2 is 2.04 bits per heavy atom. The Hall–Kier alpha value is -3.20. The van der Waals surface area contributed by atoms with Gasteiger partial charge in [-0.15, -0.1) is 0 Å². The van der Waals surface area contributed by atoms with Gasteiger partial charge in [0.1, 0.15) is 11.9 Å². The molecule has 1 atom stereocenters. The van der Waals surface area contributed by atoms with E-state index in [4.69, 9.17) is 5.26 Å². The van der Waals surface area contributed by atoms with Crippen molar-refractivity contribution < 1.29 is 14.0 Å². The van der Waals surface area contributed by atoms with Crippen LogP contribution in [0.15, 0.2) is 48.5 Å². The molecule has 120 valence electrons. The predicted octanol–water partition coefficient (Wildman–Crippen LogP) is 2.01. The molecule has 1 saturated heterocycles. The van der Waals surface area contributed by atoms with Crippen LogP contribution in [-0.4, -0.2) is 29.8 Å². The molecule has 0 bridgehead atoms. The summed E-state index contributed by atoms with van der Waals surface area (Å²) in [5.74, 6) is -1.37. The van der Waals surface area contributed by atoms with Gasteiger partial charge in [0.05, 0.1) is 11.6 Å². The maximum atomic E-state index is 14.1. The van der Waals surface area contributed by atoms with Crippen molar-refractivity contribution in [3.63, 3.8) is 0 Å². The van der Waals surface area contributed by atoms with Crippen molar-refractivity contribution in [2.75, 3.05) is 13.1 Å². The lowest BCUT2D eigenvalue weighted by molar-refractivity contribution is -0.128. The quantitative estimate of drug-likeness (QED) is 0.919. The summed E-state index contributed by atoms with van der Waals surface area (Å²) in [5, 5.41) is 11.6. The van der Waals surface area contributed by atoms with E-state index in [0.29, 0.717) is 17.7 Å². The first kappa shape index (κ1) is 15.7. The van der Waals surface area contributed by atoms with Crippen molar-refractivity contribution in [3.8, 4) is 6.07 Å². The number of nitrogens with one attached hydrogen (secondary N) is 1. The zero-order chi connectivity index (χ0) is 17.1. The third-order valence-corrected chi connectivity index (χ3v) is 3.91. The summed E-state index contributed by atoms with van der Waals surface area (Å²) in [4.78, 5) is 26.5. The molecular weight excluding hydrogens is 309 g/mol. The third kappa shape index (κ3) is 2.84. The summed E-state index contributed by atoms with van der Waals surface area (Å²) in [6.45, 7) is 0.563. The SMILES string of the molecule is N#Cc1cccc(C(=O)N2CCNC(=O)C2c2ccccc2F)c1. The van der Waals surface area contributed by atoms with Crippen molar-refractivity contribution >= 4 is 11.8 Å². The minimum Gasteiger partial charge on any atom is -0.352 e. The summed E-state index contributed by atoms with van der Waals surface area (Å²) < 4.78 is 14.1. The third-order valence-electron chi connectivity index (χ3n) is 3.91. The first-order chi connectivity index (χ1) is 11.6. The number of halogens is 1. The van der Waals surface area contributed by atoms with Gasteiger partial charge in [-0.1, -0.05) is 24.3 Å².